The van der Waals surface area contributed by atoms with Gasteiger partial charge in [-0.05, 0) is 44.2 Å². The topological polar surface area (TPSA) is 77.5 Å². The van der Waals surface area contributed by atoms with E-state index in [1.165, 1.54) is 23.1 Å². The quantitative estimate of drug-likeness (QED) is 0.461. The van der Waals surface area contributed by atoms with E-state index in [0.717, 1.165) is 33.5 Å². The highest BCUT2D eigenvalue weighted by Crippen LogP contribution is 2.34. The van der Waals surface area contributed by atoms with Crippen LogP contribution in [0.2, 0.25) is 10.0 Å². The van der Waals surface area contributed by atoms with Gasteiger partial charge in [0.25, 0.3) is 0 Å². The van der Waals surface area contributed by atoms with E-state index in [1.54, 1.807) is 19.9 Å². The molecule has 0 spiro atoms. The molecule has 0 aliphatic carbocycles. The molecule has 160 valence electrons. The Bertz CT molecular complexity index is 1000. The molecule has 0 saturated heterocycles. The van der Waals surface area contributed by atoms with Crippen molar-refractivity contribution in [1.29, 1.82) is 0 Å². The lowest BCUT2D eigenvalue weighted by molar-refractivity contribution is -0.138. The molecule has 0 amide bonds. The van der Waals surface area contributed by atoms with Gasteiger partial charge in [0, 0.05) is 36.0 Å². The van der Waals surface area contributed by atoms with Crippen LogP contribution in [-0.2, 0) is 11.2 Å². The number of hydrogen-bond donors (Lipinski definition) is 3. The number of aliphatic carboxylic acids is 1. The normalized spacial score (nSPS) is 14.1. The molecule has 3 rings (SSSR count). The van der Waals surface area contributed by atoms with Crippen molar-refractivity contribution in [2.75, 3.05) is 13.6 Å². The molecule has 1 aromatic carbocycles. The summed E-state index contributed by atoms with van der Waals surface area (Å²) in [6.45, 7) is 4.05. The molecule has 3 N–H and O–H groups in total. The molecule has 1 aliphatic heterocycles. The highest BCUT2D eigenvalue weighted by atomic mass is 35.5. The van der Waals surface area contributed by atoms with Crippen molar-refractivity contribution in [3.8, 4) is 0 Å². The van der Waals surface area contributed by atoms with Crippen LogP contribution in [0, 0.1) is 0 Å². The van der Waals surface area contributed by atoms with E-state index in [9.17, 15) is 9.90 Å². The van der Waals surface area contributed by atoms with Gasteiger partial charge in [0.05, 0.1) is 16.4 Å². The second-order valence-electron chi connectivity index (χ2n) is 7.13. The number of carboxylic acids is 1. The number of thiazole rings is 1. The Morgan fingerprint density at radius 2 is 2.13 bits per heavy atom. The standard InChI is InChI=1S/C20H22Cl2N4O2S2/c1-20(2,18(27)28)30-19-24-13(11-29-19)8-9-23-17-7-6-16(26(3)25-17)14-5-4-12(21)10-15(14)22/h4-7,10-11,23,25H,8-9H2,1-3H3,(H,27,28). The van der Waals surface area contributed by atoms with Crippen LogP contribution in [0.1, 0.15) is 25.1 Å². The summed E-state index contributed by atoms with van der Waals surface area (Å²) in [7, 11) is 1.92. The second-order valence-corrected chi connectivity index (χ2v) is 10.7. The third kappa shape index (κ3) is 5.63. The van der Waals surface area contributed by atoms with E-state index < -0.39 is 10.7 Å². The lowest BCUT2D eigenvalue weighted by Gasteiger charge is -2.30. The fourth-order valence-electron chi connectivity index (χ4n) is 2.66. The fraction of sp³-hybridized carbons (Fsp3) is 0.300. The number of rotatable bonds is 8. The minimum absolute atomic E-state index is 0.593. The van der Waals surface area contributed by atoms with Crippen molar-refractivity contribution < 1.29 is 9.90 Å². The van der Waals surface area contributed by atoms with Crippen LogP contribution in [0.25, 0.3) is 5.70 Å². The van der Waals surface area contributed by atoms with Gasteiger partial charge in [0.1, 0.15) is 10.6 Å². The number of halogens is 2. The molecule has 0 radical (unpaired) electrons. The summed E-state index contributed by atoms with van der Waals surface area (Å²) in [5.41, 5.74) is 6.04. The highest BCUT2D eigenvalue weighted by Gasteiger charge is 2.29. The van der Waals surface area contributed by atoms with E-state index >= 15 is 0 Å². The maximum atomic E-state index is 11.3. The van der Waals surface area contributed by atoms with Gasteiger partial charge < -0.3 is 10.4 Å². The van der Waals surface area contributed by atoms with E-state index in [2.05, 4.69) is 15.7 Å². The zero-order chi connectivity index (χ0) is 21.9. The van der Waals surface area contributed by atoms with Gasteiger partial charge >= 0.3 is 5.97 Å². The number of thioether (sulfide) groups is 1. The Labute approximate surface area is 193 Å². The van der Waals surface area contributed by atoms with Crippen LogP contribution < -0.4 is 10.7 Å². The lowest BCUT2D eigenvalue weighted by Crippen LogP contribution is -2.40. The van der Waals surface area contributed by atoms with Gasteiger partial charge in [-0.15, -0.1) is 11.3 Å². The molecule has 6 nitrogen and oxygen atoms in total. The summed E-state index contributed by atoms with van der Waals surface area (Å²) >= 11 is 15.0. The third-order valence-electron chi connectivity index (χ3n) is 4.35. The number of benzene rings is 1. The van der Waals surface area contributed by atoms with Crippen LogP contribution in [0.5, 0.6) is 0 Å². The first-order chi connectivity index (χ1) is 14.2. The smallest absolute Gasteiger partial charge is 0.319 e. The Balaban J connectivity index is 1.57. The molecular formula is C20H22Cl2N4O2S2. The summed E-state index contributed by atoms with van der Waals surface area (Å²) in [6.07, 6.45) is 4.67. The van der Waals surface area contributed by atoms with Crippen molar-refractivity contribution in [3.05, 3.63) is 62.9 Å². The third-order valence-corrected chi connectivity index (χ3v) is 7.07. The van der Waals surface area contributed by atoms with Gasteiger partial charge in [-0.25, -0.2) is 4.98 Å². The molecule has 0 unspecified atom stereocenters. The largest absolute Gasteiger partial charge is 0.480 e. The number of allylic oxidation sites excluding steroid dienone is 2. The molecule has 2 heterocycles. The van der Waals surface area contributed by atoms with Crippen LogP contribution in [0.3, 0.4) is 0 Å². The number of aromatic nitrogens is 1. The first-order valence-corrected chi connectivity index (χ1v) is 11.6. The molecule has 0 saturated carbocycles. The number of carboxylic acid groups (broad SMARTS) is 1. The molecular weight excluding hydrogens is 463 g/mol. The van der Waals surface area contributed by atoms with Crippen LogP contribution in [0.15, 0.2) is 45.9 Å². The second kappa shape index (κ2) is 9.51. The van der Waals surface area contributed by atoms with E-state index in [-0.39, 0.29) is 0 Å². The average Bonchev–Trinajstić information content (AvgIpc) is 3.09. The highest BCUT2D eigenvalue weighted by molar-refractivity contribution is 8.03. The first kappa shape index (κ1) is 22.8. The van der Waals surface area contributed by atoms with Crippen molar-refractivity contribution in [2.24, 2.45) is 0 Å². The van der Waals surface area contributed by atoms with Gasteiger partial charge in [-0.3, -0.25) is 15.2 Å². The summed E-state index contributed by atoms with van der Waals surface area (Å²) in [4.78, 5) is 15.8. The van der Waals surface area contributed by atoms with E-state index in [4.69, 9.17) is 23.2 Å². The van der Waals surface area contributed by atoms with E-state index in [1.807, 2.05) is 41.7 Å². The molecule has 30 heavy (non-hydrogen) atoms. The fourth-order valence-corrected chi connectivity index (χ4v) is 5.39. The summed E-state index contributed by atoms with van der Waals surface area (Å²) in [5, 5.41) is 17.6. The van der Waals surface area contributed by atoms with Crippen LogP contribution >= 0.6 is 46.3 Å². The Hall–Kier alpha value is -1.87. The minimum atomic E-state index is -0.897. The van der Waals surface area contributed by atoms with Crippen molar-refractivity contribution >= 4 is 58.0 Å². The number of hydrogen-bond acceptors (Lipinski definition) is 7. The van der Waals surface area contributed by atoms with Crippen molar-refractivity contribution in [3.63, 3.8) is 0 Å². The van der Waals surface area contributed by atoms with Gasteiger partial charge in [-0.1, -0.05) is 35.0 Å². The molecule has 2 aromatic rings. The Morgan fingerprint density at radius 1 is 1.37 bits per heavy atom. The molecule has 1 aliphatic rings. The van der Waals surface area contributed by atoms with Crippen LogP contribution in [0.4, 0.5) is 0 Å². The molecule has 0 bridgehead atoms. The van der Waals surface area contributed by atoms with Crippen molar-refractivity contribution in [2.45, 2.75) is 29.4 Å². The monoisotopic (exact) mass is 484 g/mol. The summed E-state index contributed by atoms with van der Waals surface area (Å²) < 4.78 is -0.134. The van der Waals surface area contributed by atoms with E-state index in [0.29, 0.717) is 16.6 Å². The minimum Gasteiger partial charge on any atom is -0.480 e. The molecule has 10 heteroatoms. The zero-order valence-corrected chi connectivity index (χ0v) is 19.8. The number of nitrogens with zero attached hydrogens (tertiary/aromatic N) is 2. The maximum absolute atomic E-state index is 11.3. The van der Waals surface area contributed by atoms with Crippen LogP contribution in [-0.4, -0.2) is 39.4 Å². The molecule has 1 aromatic heterocycles. The predicted molar refractivity (Wildman–Crippen MR) is 125 cm³/mol. The number of nitrogens with one attached hydrogen (secondary N) is 2. The predicted octanol–water partition coefficient (Wildman–Crippen LogP) is 4.87. The van der Waals surface area contributed by atoms with Crippen molar-refractivity contribution in [1.82, 2.24) is 20.7 Å². The Morgan fingerprint density at radius 3 is 2.80 bits per heavy atom. The van der Waals surface area contributed by atoms with Gasteiger partial charge in [-0.2, -0.15) is 0 Å². The summed E-state index contributed by atoms with van der Waals surface area (Å²) in [5.74, 6) is 0.0147. The SMILES string of the molecule is CN1NC(NCCc2csc(SC(C)(C)C(=O)O)n2)=CC=C1c1ccc(Cl)cc1Cl. The van der Waals surface area contributed by atoms with Gasteiger partial charge in [0.2, 0.25) is 0 Å². The average molecular weight is 485 g/mol. The molecule has 0 atom stereocenters. The number of hydrazine groups is 1. The number of carbonyl (C=O) groups is 1. The summed E-state index contributed by atoms with van der Waals surface area (Å²) in [6, 6.07) is 5.43. The Kier molecular flexibility index (Phi) is 7.23. The zero-order valence-electron chi connectivity index (χ0n) is 16.7. The molecule has 0 fully saturated rings. The lowest BCUT2D eigenvalue weighted by atomic mass is 10.1. The van der Waals surface area contributed by atoms with Gasteiger partial charge in [0.15, 0.2) is 4.34 Å². The maximum Gasteiger partial charge on any atom is 0.319 e. The first-order valence-electron chi connectivity index (χ1n) is 9.14.